The van der Waals surface area contributed by atoms with E-state index in [9.17, 15) is 18.0 Å². The minimum atomic E-state index is -4.56. The molecule has 6 nitrogen and oxygen atoms in total. The van der Waals surface area contributed by atoms with Crippen LogP contribution in [-0.4, -0.2) is 32.0 Å². The van der Waals surface area contributed by atoms with E-state index in [1.54, 1.807) is 16.8 Å². The number of halogens is 4. The van der Waals surface area contributed by atoms with E-state index in [4.69, 9.17) is 16.3 Å². The van der Waals surface area contributed by atoms with Gasteiger partial charge in [0.05, 0.1) is 5.69 Å². The maximum absolute atomic E-state index is 12.9. The van der Waals surface area contributed by atoms with Crippen LogP contribution >= 0.6 is 11.6 Å². The zero-order chi connectivity index (χ0) is 21.5. The molecule has 0 spiro atoms. The number of aromatic nitrogens is 4. The van der Waals surface area contributed by atoms with Crippen LogP contribution in [0.3, 0.4) is 0 Å². The molecule has 1 unspecified atom stereocenters. The van der Waals surface area contributed by atoms with Gasteiger partial charge in [0.15, 0.2) is 10.8 Å². The third kappa shape index (κ3) is 4.04. The monoisotopic (exact) mass is 438 g/mol. The Labute approximate surface area is 175 Å². The zero-order valence-corrected chi connectivity index (χ0v) is 16.8. The fourth-order valence-corrected chi connectivity index (χ4v) is 4.01. The number of hydrogen-bond acceptors (Lipinski definition) is 5. The predicted octanol–water partition coefficient (Wildman–Crippen LogP) is 4.18. The molecular formula is C20H18ClF3N4O2. The Bertz CT molecular complexity index is 1110. The molecule has 10 heteroatoms. The molecule has 0 saturated carbocycles. The first-order valence-corrected chi connectivity index (χ1v) is 9.75. The van der Waals surface area contributed by atoms with Gasteiger partial charge < -0.3 is 4.74 Å². The average Bonchev–Trinajstić information content (AvgIpc) is 3.26. The lowest BCUT2D eigenvalue weighted by Crippen LogP contribution is -2.27. The molecule has 0 radical (unpaired) electrons. The smallest absolute Gasteiger partial charge is 0.369 e. The Morgan fingerprint density at radius 1 is 1.30 bits per heavy atom. The first kappa shape index (κ1) is 20.7. The lowest BCUT2D eigenvalue weighted by atomic mass is 9.92. The van der Waals surface area contributed by atoms with Crippen molar-refractivity contribution in [3.63, 3.8) is 0 Å². The van der Waals surface area contributed by atoms with Gasteiger partial charge in [-0.05, 0) is 37.5 Å². The molecule has 30 heavy (non-hydrogen) atoms. The van der Waals surface area contributed by atoms with Crippen LogP contribution in [0.4, 0.5) is 13.2 Å². The normalized spacial score (nSPS) is 19.5. The molecular weight excluding hydrogens is 421 g/mol. The van der Waals surface area contributed by atoms with Crippen LogP contribution in [0.5, 0.6) is 0 Å². The highest BCUT2D eigenvalue weighted by Gasteiger charge is 2.37. The molecule has 1 atom stereocenters. The second kappa shape index (κ2) is 7.63. The molecule has 0 aromatic carbocycles. The molecule has 1 aliphatic heterocycles. The van der Waals surface area contributed by atoms with Gasteiger partial charge in [-0.2, -0.15) is 18.3 Å². The summed E-state index contributed by atoms with van der Waals surface area (Å²) in [5, 5.41) is 4.56. The summed E-state index contributed by atoms with van der Waals surface area (Å²) in [6.45, 7) is 2.51. The largest absolute Gasteiger partial charge is 0.433 e. The summed E-state index contributed by atoms with van der Waals surface area (Å²) in [5.41, 5.74) is 0.411. The molecule has 0 amide bonds. The van der Waals surface area contributed by atoms with Crippen molar-refractivity contribution in [1.29, 1.82) is 0 Å². The summed E-state index contributed by atoms with van der Waals surface area (Å²) in [6.07, 6.45) is -0.483. The van der Waals surface area contributed by atoms with Crippen LogP contribution < -0.4 is 0 Å². The summed E-state index contributed by atoms with van der Waals surface area (Å²) in [5.74, 6) is -0.253. The fraction of sp³-hybridized carbons (Fsp3) is 0.400. The highest BCUT2D eigenvalue weighted by atomic mass is 35.5. The maximum atomic E-state index is 12.9. The van der Waals surface area contributed by atoms with Gasteiger partial charge in [0, 0.05) is 43.5 Å². The number of Topliss-reactive ketones (excluding diaryl/α,β-unsaturated/α-hetero) is 1. The van der Waals surface area contributed by atoms with Crippen molar-refractivity contribution in [1.82, 2.24) is 19.6 Å². The molecule has 0 bridgehead atoms. The Morgan fingerprint density at radius 3 is 2.80 bits per heavy atom. The third-order valence-corrected chi connectivity index (χ3v) is 5.34. The number of nitrogens with zero attached hydrogens (tertiary/aromatic N) is 4. The van der Waals surface area contributed by atoms with Gasteiger partial charge in [0.1, 0.15) is 17.1 Å². The molecule has 4 heterocycles. The van der Waals surface area contributed by atoms with E-state index >= 15 is 0 Å². The molecule has 0 aliphatic carbocycles. The number of ether oxygens (including phenoxy) is 1. The van der Waals surface area contributed by atoms with Gasteiger partial charge in [-0.1, -0.05) is 11.6 Å². The van der Waals surface area contributed by atoms with Gasteiger partial charge in [0.25, 0.3) is 0 Å². The van der Waals surface area contributed by atoms with E-state index in [-0.39, 0.29) is 29.3 Å². The van der Waals surface area contributed by atoms with Gasteiger partial charge in [-0.25, -0.2) is 9.50 Å². The molecule has 0 N–H and O–H groups in total. The molecule has 1 fully saturated rings. The molecule has 158 valence electrons. The Hall–Kier alpha value is -2.52. The first-order chi connectivity index (χ1) is 14.2. The number of carbonyl (C=O) groups excluding carboxylic acids is 1. The second-order valence-corrected chi connectivity index (χ2v) is 7.88. The van der Waals surface area contributed by atoms with Crippen LogP contribution in [0.25, 0.3) is 5.65 Å². The number of rotatable bonds is 5. The van der Waals surface area contributed by atoms with E-state index in [0.717, 1.165) is 25.1 Å². The summed E-state index contributed by atoms with van der Waals surface area (Å²) in [6, 6.07) is 3.92. The SMILES string of the molecule is CC1(c2c(CC(=O)Cc3ccnc(C(F)(F)F)c3)cnc3cc(Cl)nn23)CCCO1. The summed E-state index contributed by atoms with van der Waals surface area (Å²) < 4.78 is 46.2. The first-order valence-electron chi connectivity index (χ1n) is 9.37. The molecule has 3 aromatic heterocycles. The van der Waals surface area contributed by atoms with E-state index in [0.29, 0.717) is 23.5 Å². The van der Waals surface area contributed by atoms with Gasteiger partial charge >= 0.3 is 6.18 Å². The van der Waals surface area contributed by atoms with Crippen molar-refractivity contribution in [3.05, 3.63) is 58.3 Å². The highest BCUT2D eigenvalue weighted by Crippen LogP contribution is 2.38. The Kier molecular flexibility index (Phi) is 5.27. The molecule has 3 aromatic rings. The van der Waals surface area contributed by atoms with Gasteiger partial charge in [-0.15, -0.1) is 0 Å². The van der Waals surface area contributed by atoms with Crippen molar-refractivity contribution >= 4 is 23.0 Å². The van der Waals surface area contributed by atoms with E-state index in [1.807, 2.05) is 6.92 Å². The summed E-state index contributed by atoms with van der Waals surface area (Å²) in [7, 11) is 0. The predicted molar refractivity (Wildman–Crippen MR) is 102 cm³/mol. The lowest BCUT2D eigenvalue weighted by molar-refractivity contribution is -0.141. The average molecular weight is 439 g/mol. The number of fused-ring (bicyclic) bond motifs is 1. The number of hydrogen-bond donors (Lipinski definition) is 0. The molecule has 1 aliphatic rings. The van der Waals surface area contributed by atoms with Crippen LogP contribution in [0.15, 0.2) is 30.6 Å². The van der Waals surface area contributed by atoms with Gasteiger partial charge in [-0.3, -0.25) is 9.78 Å². The van der Waals surface area contributed by atoms with Crippen LogP contribution in [-0.2, 0) is 34.2 Å². The number of alkyl halides is 3. The minimum Gasteiger partial charge on any atom is -0.369 e. The summed E-state index contributed by atoms with van der Waals surface area (Å²) in [4.78, 5) is 20.4. The van der Waals surface area contributed by atoms with Gasteiger partial charge in [0.2, 0.25) is 0 Å². The van der Waals surface area contributed by atoms with Crippen molar-refractivity contribution in [2.45, 2.75) is 44.4 Å². The van der Waals surface area contributed by atoms with E-state index in [1.165, 1.54) is 6.07 Å². The zero-order valence-electron chi connectivity index (χ0n) is 16.0. The van der Waals surface area contributed by atoms with Crippen molar-refractivity contribution < 1.29 is 22.7 Å². The number of carbonyl (C=O) groups is 1. The fourth-order valence-electron chi connectivity index (χ4n) is 3.84. The summed E-state index contributed by atoms with van der Waals surface area (Å²) >= 11 is 6.05. The highest BCUT2D eigenvalue weighted by molar-refractivity contribution is 6.29. The van der Waals surface area contributed by atoms with Crippen molar-refractivity contribution in [2.24, 2.45) is 0 Å². The topological polar surface area (TPSA) is 69.4 Å². The number of pyridine rings is 1. The standard InChI is InChI=1S/C20H18ClF3N4O2/c1-19(4-2-6-30-19)18-13(11-26-17-10-16(21)27-28(17)18)9-14(29)7-12-3-5-25-15(8-12)20(22,23)24/h3,5,8,10-11H,2,4,6-7,9H2,1H3. The second-order valence-electron chi connectivity index (χ2n) is 7.49. The van der Waals surface area contributed by atoms with Crippen molar-refractivity contribution in [2.75, 3.05) is 6.61 Å². The number of ketones is 1. The maximum Gasteiger partial charge on any atom is 0.433 e. The van der Waals surface area contributed by atoms with Crippen LogP contribution in [0.2, 0.25) is 5.15 Å². The van der Waals surface area contributed by atoms with Crippen molar-refractivity contribution in [3.8, 4) is 0 Å². The minimum absolute atomic E-state index is 0.0155. The Balaban J connectivity index is 1.65. The quantitative estimate of drug-likeness (QED) is 0.598. The third-order valence-electron chi connectivity index (χ3n) is 5.15. The lowest BCUT2D eigenvalue weighted by Gasteiger charge is -2.26. The Morgan fingerprint density at radius 2 is 2.10 bits per heavy atom. The molecule has 1 saturated heterocycles. The molecule has 4 rings (SSSR count). The van der Waals surface area contributed by atoms with Crippen LogP contribution in [0.1, 0.15) is 42.3 Å². The van der Waals surface area contributed by atoms with E-state index < -0.39 is 17.5 Å². The van der Waals surface area contributed by atoms with Crippen LogP contribution in [0, 0.1) is 0 Å². The van der Waals surface area contributed by atoms with E-state index in [2.05, 4.69) is 15.1 Å².